The standard InChI is InChI=1S/C30H30FN5O2/c1-17-12-24(27(19-8-6-5-7-9-19)35-26(17)20-15-32-18(2)33-16-20)34-29(38)36-28-22-11-10-21(31)13-23(22)30(3,4)14-25(28)37/h5-13,15-16,25,28,37H,14H2,1-4H3,(H2,34,36,38)/t25-,28?/m1/s1. The van der Waals surface area contributed by atoms with Gasteiger partial charge in [0.25, 0.3) is 0 Å². The van der Waals surface area contributed by atoms with Gasteiger partial charge in [-0.2, -0.15) is 0 Å². The number of hydrogen-bond donors (Lipinski definition) is 3. The molecule has 3 N–H and O–H groups in total. The summed E-state index contributed by atoms with van der Waals surface area (Å²) in [6.45, 7) is 7.67. The van der Waals surface area contributed by atoms with E-state index in [0.717, 1.165) is 27.9 Å². The summed E-state index contributed by atoms with van der Waals surface area (Å²) in [5.41, 5.74) is 5.34. The lowest BCUT2D eigenvalue weighted by atomic mass is 9.69. The predicted molar refractivity (Wildman–Crippen MR) is 145 cm³/mol. The second-order valence-electron chi connectivity index (χ2n) is 10.4. The van der Waals surface area contributed by atoms with Crippen molar-refractivity contribution in [3.8, 4) is 22.5 Å². The van der Waals surface area contributed by atoms with Gasteiger partial charge < -0.3 is 15.7 Å². The maximum atomic E-state index is 14.1. The minimum atomic E-state index is -0.828. The topological polar surface area (TPSA) is 100 Å². The zero-order valence-electron chi connectivity index (χ0n) is 21.8. The van der Waals surface area contributed by atoms with Crippen LogP contribution in [0.1, 0.15) is 48.8 Å². The number of halogens is 1. The van der Waals surface area contributed by atoms with Crippen LogP contribution >= 0.6 is 0 Å². The molecule has 1 aliphatic carbocycles. The van der Waals surface area contributed by atoms with E-state index in [1.54, 1.807) is 18.5 Å². The van der Waals surface area contributed by atoms with Crippen LogP contribution < -0.4 is 10.6 Å². The Balaban J connectivity index is 1.48. The average molecular weight is 512 g/mol. The Morgan fingerprint density at radius 2 is 1.71 bits per heavy atom. The molecule has 2 heterocycles. The number of carbonyl (C=O) groups excluding carboxylic acids is 1. The van der Waals surface area contributed by atoms with E-state index in [4.69, 9.17) is 4.98 Å². The van der Waals surface area contributed by atoms with Crippen LogP contribution in [0.2, 0.25) is 0 Å². The molecule has 38 heavy (non-hydrogen) atoms. The molecular weight excluding hydrogens is 481 g/mol. The van der Waals surface area contributed by atoms with Gasteiger partial charge in [-0.15, -0.1) is 0 Å². The van der Waals surface area contributed by atoms with Crippen LogP contribution in [-0.4, -0.2) is 32.2 Å². The number of carbonyl (C=O) groups is 1. The van der Waals surface area contributed by atoms with E-state index < -0.39 is 23.6 Å². The van der Waals surface area contributed by atoms with E-state index in [1.165, 1.54) is 12.1 Å². The van der Waals surface area contributed by atoms with Gasteiger partial charge >= 0.3 is 6.03 Å². The number of aryl methyl sites for hydroxylation is 2. The van der Waals surface area contributed by atoms with Crippen LogP contribution in [0.4, 0.5) is 14.9 Å². The SMILES string of the molecule is Cc1ncc(-c2nc(-c3ccccc3)c(NC(=O)NC3c4ccc(F)cc4C(C)(C)C[C@H]3O)cc2C)cn1. The molecule has 2 atom stereocenters. The fourth-order valence-electron chi connectivity index (χ4n) is 5.15. The van der Waals surface area contributed by atoms with Crippen molar-refractivity contribution in [2.24, 2.45) is 0 Å². The zero-order chi connectivity index (χ0) is 27.0. The van der Waals surface area contributed by atoms with Crippen molar-refractivity contribution in [2.45, 2.75) is 51.7 Å². The van der Waals surface area contributed by atoms with Gasteiger partial charge in [0.2, 0.25) is 0 Å². The van der Waals surface area contributed by atoms with E-state index >= 15 is 0 Å². The Morgan fingerprint density at radius 1 is 1.00 bits per heavy atom. The molecule has 2 aromatic carbocycles. The quantitative estimate of drug-likeness (QED) is 0.318. The summed E-state index contributed by atoms with van der Waals surface area (Å²) < 4.78 is 14.1. The number of rotatable bonds is 4. The average Bonchev–Trinajstić information content (AvgIpc) is 2.88. The van der Waals surface area contributed by atoms with Crippen LogP contribution in [0.15, 0.2) is 67.0 Å². The van der Waals surface area contributed by atoms with E-state index in [9.17, 15) is 14.3 Å². The summed E-state index contributed by atoms with van der Waals surface area (Å²) >= 11 is 0. The van der Waals surface area contributed by atoms with Gasteiger partial charge in [-0.05, 0) is 60.6 Å². The molecule has 0 saturated carbocycles. The Morgan fingerprint density at radius 3 is 2.42 bits per heavy atom. The summed E-state index contributed by atoms with van der Waals surface area (Å²) in [4.78, 5) is 26.8. The Labute approximate surface area is 221 Å². The number of fused-ring (bicyclic) bond motifs is 1. The fourth-order valence-corrected chi connectivity index (χ4v) is 5.15. The van der Waals surface area contributed by atoms with Gasteiger partial charge in [-0.25, -0.2) is 24.1 Å². The molecule has 8 heteroatoms. The van der Waals surface area contributed by atoms with Crippen molar-refractivity contribution >= 4 is 11.7 Å². The number of pyridine rings is 1. The van der Waals surface area contributed by atoms with Crippen LogP contribution in [0.5, 0.6) is 0 Å². The molecule has 5 rings (SSSR count). The molecule has 0 aliphatic heterocycles. The van der Waals surface area contributed by atoms with Crippen molar-refractivity contribution in [1.82, 2.24) is 20.3 Å². The molecule has 0 bridgehead atoms. The monoisotopic (exact) mass is 511 g/mol. The number of hydrogen-bond acceptors (Lipinski definition) is 5. The Bertz CT molecular complexity index is 1490. The lowest BCUT2D eigenvalue weighted by molar-refractivity contribution is 0.0881. The summed E-state index contributed by atoms with van der Waals surface area (Å²) in [6, 6.07) is 14.8. The highest BCUT2D eigenvalue weighted by Crippen LogP contribution is 2.42. The molecule has 1 unspecified atom stereocenters. The molecule has 0 spiro atoms. The summed E-state index contributed by atoms with van der Waals surface area (Å²) in [7, 11) is 0. The summed E-state index contributed by atoms with van der Waals surface area (Å²) in [5.74, 6) is 0.326. The highest BCUT2D eigenvalue weighted by Gasteiger charge is 2.39. The first-order valence-corrected chi connectivity index (χ1v) is 12.5. The first kappa shape index (κ1) is 25.5. The molecule has 2 amide bonds. The van der Waals surface area contributed by atoms with Crippen molar-refractivity contribution in [3.63, 3.8) is 0 Å². The second kappa shape index (κ2) is 9.95. The van der Waals surface area contributed by atoms with Gasteiger partial charge in [-0.1, -0.05) is 50.2 Å². The third-order valence-corrected chi connectivity index (χ3v) is 7.03. The molecule has 194 valence electrons. The van der Waals surface area contributed by atoms with Crippen molar-refractivity contribution in [3.05, 3.63) is 95.3 Å². The van der Waals surface area contributed by atoms with E-state index in [2.05, 4.69) is 20.6 Å². The van der Waals surface area contributed by atoms with Gasteiger partial charge in [0.1, 0.15) is 11.6 Å². The smallest absolute Gasteiger partial charge is 0.319 e. The number of aliphatic hydroxyl groups is 1. The minimum absolute atomic E-state index is 0.343. The third kappa shape index (κ3) is 4.99. The Kier molecular flexibility index (Phi) is 6.67. The number of benzene rings is 2. The number of aliphatic hydroxyl groups excluding tert-OH is 1. The highest BCUT2D eigenvalue weighted by molar-refractivity contribution is 5.94. The van der Waals surface area contributed by atoms with E-state index in [1.807, 2.05) is 64.1 Å². The zero-order valence-corrected chi connectivity index (χ0v) is 21.8. The van der Waals surface area contributed by atoms with Gasteiger partial charge in [-0.3, -0.25) is 0 Å². The lowest BCUT2D eigenvalue weighted by Crippen LogP contribution is -2.45. The number of aromatic nitrogens is 3. The fraction of sp³-hybridized carbons (Fsp3) is 0.267. The van der Waals surface area contributed by atoms with Crippen molar-refractivity contribution in [1.29, 1.82) is 0 Å². The largest absolute Gasteiger partial charge is 0.391 e. The van der Waals surface area contributed by atoms with Gasteiger partial charge in [0, 0.05) is 23.5 Å². The van der Waals surface area contributed by atoms with Crippen molar-refractivity contribution in [2.75, 3.05) is 5.32 Å². The molecule has 0 radical (unpaired) electrons. The summed E-state index contributed by atoms with van der Waals surface area (Å²) in [5, 5.41) is 16.8. The van der Waals surface area contributed by atoms with Crippen LogP contribution in [-0.2, 0) is 5.41 Å². The number of urea groups is 1. The van der Waals surface area contributed by atoms with Crippen molar-refractivity contribution < 1.29 is 14.3 Å². The maximum absolute atomic E-state index is 14.1. The first-order valence-electron chi connectivity index (χ1n) is 12.5. The predicted octanol–water partition coefficient (Wildman–Crippen LogP) is 5.87. The first-order chi connectivity index (χ1) is 18.1. The summed E-state index contributed by atoms with van der Waals surface area (Å²) in [6.07, 6.45) is 3.03. The number of nitrogens with zero attached hydrogens (tertiary/aromatic N) is 3. The van der Waals surface area contributed by atoms with Gasteiger partial charge in [0.15, 0.2) is 0 Å². The third-order valence-electron chi connectivity index (χ3n) is 7.03. The minimum Gasteiger partial charge on any atom is -0.391 e. The van der Waals surface area contributed by atoms with E-state index in [0.29, 0.717) is 29.2 Å². The van der Waals surface area contributed by atoms with Crippen LogP contribution in [0.3, 0.4) is 0 Å². The maximum Gasteiger partial charge on any atom is 0.319 e. The van der Waals surface area contributed by atoms with E-state index in [-0.39, 0.29) is 5.82 Å². The highest BCUT2D eigenvalue weighted by atomic mass is 19.1. The lowest BCUT2D eigenvalue weighted by Gasteiger charge is -2.40. The Hall–Kier alpha value is -4.17. The molecule has 1 aliphatic rings. The molecule has 4 aromatic rings. The van der Waals surface area contributed by atoms with Crippen LogP contribution in [0, 0.1) is 19.7 Å². The normalized spacial score (nSPS) is 17.9. The molecule has 7 nitrogen and oxygen atoms in total. The second-order valence-corrected chi connectivity index (χ2v) is 10.4. The van der Waals surface area contributed by atoms with Crippen LogP contribution in [0.25, 0.3) is 22.5 Å². The van der Waals surface area contributed by atoms with Gasteiger partial charge in [0.05, 0.1) is 29.2 Å². The molecule has 2 aromatic heterocycles. The number of amides is 2. The molecule has 0 fully saturated rings. The number of nitrogens with one attached hydrogen (secondary N) is 2. The molecular formula is C30H30FN5O2. The number of anilines is 1. The molecule has 0 saturated heterocycles.